The molecule has 0 aromatic heterocycles. The Morgan fingerprint density at radius 2 is 1.88 bits per heavy atom. The minimum atomic E-state index is -0.195. The molecule has 3 fully saturated rings. The molecule has 6 nitrogen and oxygen atoms in total. The van der Waals surface area contributed by atoms with Crippen molar-refractivity contribution >= 4 is 11.9 Å². The van der Waals surface area contributed by atoms with Crippen molar-refractivity contribution in [2.75, 3.05) is 26.3 Å². The van der Waals surface area contributed by atoms with Gasteiger partial charge in [0.2, 0.25) is 5.91 Å². The van der Waals surface area contributed by atoms with Crippen molar-refractivity contribution in [2.24, 2.45) is 5.92 Å². The fourth-order valence-electron chi connectivity index (χ4n) is 3.96. The largest absolute Gasteiger partial charge is 0.462 e. The van der Waals surface area contributed by atoms with Crippen molar-refractivity contribution in [1.29, 1.82) is 0 Å². The molecule has 136 valence electrons. The fourth-order valence-corrected chi connectivity index (χ4v) is 3.96. The van der Waals surface area contributed by atoms with Crippen LogP contribution in [0.25, 0.3) is 0 Å². The first-order valence-electron chi connectivity index (χ1n) is 9.43. The number of amides is 1. The van der Waals surface area contributed by atoms with Gasteiger partial charge >= 0.3 is 5.97 Å². The van der Waals surface area contributed by atoms with Gasteiger partial charge in [-0.2, -0.15) is 0 Å². The molecule has 2 saturated carbocycles. The Bertz CT molecular complexity index is 438. The van der Waals surface area contributed by atoms with Gasteiger partial charge in [0, 0.05) is 43.9 Å². The summed E-state index contributed by atoms with van der Waals surface area (Å²) in [6.07, 6.45) is 6.40. The van der Waals surface area contributed by atoms with E-state index in [1.54, 1.807) is 0 Å². The lowest BCUT2D eigenvalue weighted by Gasteiger charge is -2.43. The summed E-state index contributed by atoms with van der Waals surface area (Å²) in [4.78, 5) is 26.5. The SMILES string of the molecule is CC(CC(=O)OC1CC(N2CCOCC2)C1)NC(=O)C1CCCC1. The van der Waals surface area contributed by atoms with E-state index >= 15 is 0 Å². The minimum absolute atomic E-state index is 0.0445. The minimum Gasteiger partial charge on any atom is -0.462 e. The molecular formula is C18H30N2O4. The third-order valence-electron chi connectivity index (χ3n) is 5.52. The molecule has 3 aliphatic rings. The zero-order valence-electron chi connectivity index (χ0n) is 14.7. The van der Waals surface area contributed by atoms with E-state index in [0.29, 0.717) is 6.04 Å². The van der Waals surface area contributed by atoms with Gasteiger partial charge in [-0.25, -0.2) is 0 Å². The monoisotopic (exact) mass is 338 g/mol. The number of hydrogen-bond acceptors (Lipinski definition) is 5. The van der Waals surface area contributed by atoms with Crippen molar-refractivity contribution in [3.63, 3.8) is 0 Å². The van der Waals surface area contributed by atoms with Crippen LogP contribution in [0.4, 0.5) is 0 Å². The average Bonchev–Trinajstić information content (AvgIpc) is 3.05. The molecule has 1 heterocycles. The average molecular weight is 338 g/mol. The fraction of sp³-hybridized carbons (Fsp3) is 0.889. The molecule has 0 radical (unpaired) electrons. The maximum Gasteiger partial charge on any atom is 0.308 e. The number of carbonyl (C=O) groups is 2. The summed E-state index contributed by atoms with van der Waals surface area (Å²) in [6.45, 7) is 5.45. The smallest absolute Gasteiger partial charge is 0.308 e. The summed E-state index contributed by atoms with van der Waals surface area (Å²) in [5.41, 5.74) is 0. The lowest BCUT2D eigenvalue weighted by Crippen LogP contribution is -2.52. The maximum absolute atomic E-state index is 12.1. The lowest BCUT2D eigenvalue weighted by molar-refractivity contribution is -0.158. The zero-order valence-corrected chi connectivity index (χ0v) is 14.7. The maximum atomic E-state index is 12.1. The molecular weight excluding hydrogens is 308 g/mol. The summed E-state index contributed by atoms with van der Waals surface area (Å²) in [6, 6.07) is 0.381. The number of hydrogen-bond donors (Lipinski definition) is 1. The molecule has 1 saturated heterocycles. The standard InChI is InChI=1S/C18H30N2O4/c1-13(19-18(22)14-4-2-3-5-14)10-17(21)24-16-11-15(12-16)20-6-8-23-9-7-20/h13-16H,2-12H2,1H3,(H,19,22). The molecule has 24 heavy (non-hydrogen) atoms. The van der Waals surface area contributed by atoms with E-state index in [0.717, 1.165) is 64.8 Å². The highest BCUT2D eigenvalue weighted by Crippen LogP contribution is 2.29. The van der Waals surface area contributed by atoms with Crippen LogP contribution in [0, 0.1) is 5.92 Å². The molecule has 1 amide bonds. The van der Waals surface area contributed by atoms with Crippen LogP contribution in [0.3, 0.4) is 0 Å². The van der Waals surface area contributed by atoms with Crippen molar-refractivity contribution < 1.29 is 19.1 Å². The predicted molar refractivity (Wildman–Crippen MR) is 89.5 cm³/mol. The number of esters is 1. The third kappa shape index (κ3) is 4.70. The summed E-state index contributed by atoms with van der Waals surface area (Å²) in [5, 5.41) is 2.96. The first-order chi connectivity index (χ1) is 11.6. The highest BCUT2D eigenvalue weighted by Gasteiger charge is 2.36. The van der Waals surface area contributed by atoms with Gasteiger partial charge in [0.15, 0.2) is 0 Å². The summed E-state index contributed by atoms with van der Waals surface area (Å²) in [7, 11) is 0. The van der Waals surface area contributed by atoms with E-state index in [1.807, 2.05) is 6.92 Å². The molecule has 1 N–H and O–H groups in total. The van der Waals surface area contributed by atoms with Gasteiger partial charge in [-0.1, -0.05) is 12.8 Å². The highest BCUT2D eigenvalue weighted by atomic mass is 16.5. The van der Waals surface area contributed by atoms with Gasteiger partial charge in [0.05, 0.1) is 19.6 Å². The Morgan fingerprint density at radius 3 is 2.54 bits per heavy atom. The van der Waals surface area contributed by atoms with Crippen molar-refractivity contribution in [1.82, 2.24) is 10.2 Å². The van der Waals surface area contributed by atoms with Crippen molar-refractivity contribution in [3.05, 3.63) is 0 Å². The number of ether oxygens (including phenoxy) is 2. The van der Waals surface area contributed by atoms with Crippen molar-refractivity contribution in [2.45, 2.75) is 70.1 Å². The number of nitrogens with zero attached hydrogens (tertiary/aromatic N) is 1. The van der Waals surface area contributed by atoms with E-state index in [1.165, 1.54) is 0 Å². The van der Waals surface area contributed by atoms with E-state index in [4.69, 9.17) is 9.47 Å². The second kappa shape index (κ2) is 8.30. The van der Waals surface area contributed by atoms with Crippen LogP contribution >= 0.6 is 0 Å². The second-order valence-electron chi connectivity index (χ2n) is 7.48. The van der Waals surface area contributed by atoms with Gasteiger partial charge in [0.25, 0.3) is 0 Å². The van der Waals surface area contributed by atoms with Crippen LogP contribution in [-0.4, -0.2) is 61.3 Å². The number of rotatable bonds is 6. The normalized spacial score (nSPS) is 29.7. The molecule has 6 heteroatoms. The van der Waals surface area contributed by atoms with Crippen LogP contribution in [0.2, 0.25) is 0 Å². The number of nitrogens with one attached hydrogen (secondary N) is 1. The topological polar surface area (TPSA) is 67.9 Å². The molecule has 3 rings (SSSR count). The van der Waals surface area contributed by atoms with Crippen LogP contribution in [0.15, 0.2) is 0 Å². The van der Waals surface area contributed by atoms with Crippen LogP contribution in [-0.2, 0) is 19.1 Å². The summed E-state index contributed by atoms with van der Waals surface area (Å²) < 4.78 is 10.9. The number of morpholine rings is 1. The first-order valence-corrected chi connectivity index (χ1v) is 9.43. The van der Waals surface area contributed by atoms with E-state index in [-0.39, 0.29) is 36.4 Å². The molecule has 1 aliphatic heterocycles. The quantitative estimate of drug-likeness (QED) is 0.743. The van der Waals surface area contributed by atoms with Gasteiger partial charge in [0.1, 0.15) is 6.10 Å². The third-order valence-corrected chi connectivity index (χ3v) is 5.52. The lowest BCUT2D eigenvalue weighted by atomic mass is 9.87. The molecule has 2 aliphatic carbocycles. The molecule has 0 bridgehead atoms. The Hall–Kier alpha value is -1.14. The molecule has 0 aromatic carbocycles. The zero-order chi connectivity index (χ0) is 16.9. The second-order valence-corrected chi connectivity index (χ2v) is 7.48. The predicted octanol–water partition coefficient (Wildman–Crippen LogP) is 1.48. The van der Waals surface area contributed by atoms with Gasteiger partial charge in [-0.3, -0.25) is 14.5 Å². The highest BCUT2D eigenvalue weighted by molar-refractivity contribution is 5.80. The van der Waals surface area contributed by atoms with Crippen molar-refractivity contribution in [3.8, 4) is 0 Å². The number of carbonyl (C=O) groups excluding carboxylic acids is 2. The Balaban J connectivity index is 1.30. The Kier molecular flexibility index (Phi) is 6.11. The van der Waals surface area contributed by atoms with Gasteiger partial charge in [-0.05, 0) is 19.8 Å². The molecule has 1 atom stereocenters. The van der Waals surface area contributed by atoms with E-state index < -0.39 is 0 Å². The molecule has 0 aromatic rings. The summed E-state index contributed by atoms with van der Waals surface area (Å²) in [5.74, 6) is 0.0489. The van der Waals surface area contributed by atoms with E-state index in [9.17, 15) is 9.59 Å². The Morgan fingerprint density at radius 1 is 1.21 bits per heavy atom. The van der Waals surface area contributed by atoms with E-state index in [2.05, 4.69) is 10.2 Å². The van der Waals surface area contributed by atoms with Crippen LogP contribution in [0.5, 0.6) is 0 Å². The molecule has 1 unspecified atom stereocenters. The van der Waals surface area contributed by atoms with Crippen LogP contribution < -0.4 is 5.32 Å². The van der Waals surface area contributed by atoms with Crippen LogP contribution in [0.1, 0.15) is 51.9 Å². The Labute approximate surface area is 144 Å². The molecule has 0 spiro atoms. The first kappa shape index (κ1) is 17.7. The van der Waals surface area contributed by atoms with Gasteiger partial charge < -0.3 is 14.8 Å². The van der Waals surface area contributed by atoms with Gasteiger partial charge in [-0.15, -0.1) is 0 Å². The summed E-state index contributed by atoms with van der Waals surface area (Å²) >= 11 is 0.